The first-order valence-electron chi connectivity index (χ1n) is 5.59. The minimum absolute atomic E-state index is 0.0159. The fourth-order valence-corrected chi connectivity index (χ4v) is 2.86. The lowest BCUT2D eigenvalue weighted by atomic mass is 10.1. The summed E-state index contributed by atoms with van der Waals surface area (Å²) in [5, 5.41) is 22.4. The van der Waals surface area contributed by atoms with Gasteiger partial charge >= 0.3 is 12.0 Å². The van der Waals surface area contributed by atoms with Crippen LogP contribution in [0.25, 0.3) is 0 Å². The van der Waals surface area contributed by atoms with Gasteiger partial charge in [-0.1, -0.05) is 0 Å². The molecule has 7 heteroatoms. The summed E-state index contributed by atoms with van der Waals surface area (Å²) in [4.78, 5) is 22.1. The van der Waals surface area contributed by atoms with Crippen LogP contribution in [0, 0.1) is 5.92 Å². The van der Waals surface area contributed by atoms with Crippen LogP contribution in [0.3, 0.4) is 0 Å². The third-order valence-electron chi connectivity index (χ3n) is 2.60. The number of rotatable bonds is 6. The molecule has 0 aromatic heterocycles. The number of urea groups is 1. The molecule has 1 fully saturated rings. The molecular weight excluding hydrogens is 244 g/mol. The highest BCUT2D eigenvalue weighted by atomic mass is 32.2. The van der Waals surface area contributed by atoms with Gasteiger partial charge in [0, 0.05) is 19.6 Å². The lowest BCUT2D eigenvalue weighted by Crippen LogP contribution is -2.47. The van der Waals surface area contributed by atoms with Gasteiger partial charge in [-0.15, -0.1) is 0 Å². The fourth-order valence-electron chi connectivity index (χ4n) is 1.58. The molecule has 1 heterocycles. The van der Waals surface area contributed by atoms with Gasteiger partial charge in [-0.05, 0) is 23.8 Å². The molecule has 0 bridgehead atoms. The average molecular weight is 262 g/mol. The highest BCUT2D eigenvalue weighted by molar-refractivity contribution is 7.99. The number of nitrogens with one attached hydrogen (secondary N) is 2. The molecule has 98 valence electrons. The first-order valence-corrected chi connectivity index (χ1v) is 6.74. The van der Waals surface area contributed by atoms with Crippen molar-refractivity contribution in [3.05, 3.63) is 0 Å². The normalized spacial score (nSPS) is 20.9. The van der Waals surface area contributed by atoms with Crippen LogP contribution >= 0.6 is 11.8 Å². The second-order valence-electron chi connectivity index (χ2n) is 3.99. The summed E-state index contributed by atoms with van der Waals surface area (Å²) in [5.74, 6) is 1.51. The van der Waals surface area contributed by atoms with E-state index in [-0.39, 0.29) is 13.0 Å². The van der Waals surface area contributed by atoms with Gasteiger partial charge in [0.2, 0.25) is 0 Å². The highest BCUT2D eigenvalue weighted by Crippen LogP contribution is 2.22. The molecule has 1 saturated heterocycles. The molecule has 0 saturated carbocycles. The van der Waals surface area contributed by atoms with Crippen LogP contribution < -0.4 is 10.6 Å². The van der Waals surface area contributed by atoms with E-state index in [1.807, 2.05) is 11.8 Å². The fraction of sp³-hybridized carbons (Fsp3) is 0.800. The number of carboxylic acids is 1. The second kappa shape index (κ2) is 7.39. The number of aliphatic hydroxyl groups excluding tert-OH is 1. The largest absolute Gasteiger partial charge is 0.480 e. The van der Waals surface area contributed by atoms with Crippen molar-refractivity contribution in [2.45, 2.75) is 18.9 Å². The lowest BCUT2D eigenvalue weighted by Gasteiger charge is -2.15. The summed E-state index contributed by atoms with van der Waals surface area (Å²) < 4.78 is 0. The third kappa shape index (κ3) is 5.27. The number of aliphatic carboxylic acids is 1. The number of hydrogen-bond donors (Lipinski definition) is 4. The van der Waals surface area contributed by atoms with Crippen LogP contribution in [0.4, 0.5) is 4.79 Å². The van der Waals surface area contributed by atoms with E-state index in [0.29, 0.717) is 12.5 Å². The Morgan fingerprint density at radius 2 is 2.24 bits per heavy atom. The van der Waals surface area contributed by atoms with Gasteiger partial charge in [0.1, 0.15) is 6.04 Å². The molecule has 6 nitrogen and oxygen atoms in total. The number of carbonyl (C=O) groups excluding carboxylic acids is 1. The maximum atomic E-state index is 11.4. The average Bonchev–Trinajstić information content (AvgIpc) is 2.78. The molecule has 1 aliphatic rings. The number of hydrogen-bond acceptors (Lipinski definition) is 4. The number of aliphatic hydroxyl groups is 1. The zero-order chi connectivity index (χ0) is 12.7. The molecule has 0 aromatic carbocycles. The van der Waals surface area contributed by atoms with E-state index in [0.717, 1.165) is 17.9 Å². The van der Waals surface area contributed by atoms with E-state index in [1.54, 1.807) is 0 Å². The minimum atomic E-state index is -1.13. The number of carboxylic acid groups (broad SMARTS) is 1. The van der Waals surface area contributed by atoms with Crippen LogP contribution in [0.5, 0.6) is 0 Å². The van der Waals surface area contributed by atoms with Crippen LogP contribution in [0.1, 0.15) is 12.8 Å². The molecule has 2 amide bonds. The molecule has 0 radical (unpaired) electrons. The SMILES string of the molecule is O=C(NCC1CCSC1)NC(CCO)C(=O)O. The Kier molecular flexibility index (Phi) is 6.13. The molecule has 1 aliphatic heterocycles. The van der Waals surface area contributed by atoms with Crippen molar-refractivity contribution in [2.24, 2.45) is 5.92 Å². The molecule has 2 unspecified atom stereocenters. The Bertz CT molecular complexity index is 269. The van der Waals surface area contributed by atoms with Gasteiger partial charge in [0.25, 0.3) is 0 Å². The monoisotopic (exact) mass is 262 g/mol. The minimum Gasteiger partial charge on any atom is -0.480 e. The molecule has 4 N–H and O–H groups in total. The van der Waals surface area contributed by atoms with E-state index >= 15 is 0 Å². The Morgan fingerprint density at radius 1 is 1.47 bits per heavy atom. The third-order valence-corrected chi connectivity index (χ3v) is 3.83. The van der Waals surface area contributed by atoms with Crippen molar-refractivity contribution >= 4 is 23.8 Å². The topological polar surface area (TPSA) is 98.7 Å². The zero-order valence-corrected chi connectivity index (χ0v) is 10.3. The Morgan fingerprint density at radius 3 is 2.76 bits per heavy atom. The van der Waals surface area contributed by atoms with Gasteiger partial charge in [0.05, 0.1) is 0 Å². The van der Waals surface area contributed by atoms with Crippen molar-refractivity contribution < 1.29 is 19.8 Å². The van der Waals surface area contributed by atoms with Gasteiger partial charge in [-0.3, -0.25) is 0 Å². The van der Waals surface area contributed by atoms with Gasteiger partial charge in [-0.25, -0.2) is 9.59 Å². The molecule has 0 spiro atoms. The van der Waals surface area contributed by atoms with E-state index < -0.39 is 18.0 Å². The van der Waals surface area contributed by atoms with Crippen molar-refractivity contribution in [3.8, 4) is 0 Å². The van der Waals surface area contributed by atoms with Crippen LogP contribution in [0.15, 0.2) is 0 Å². The predicted octanol–water partition coefficient (Wildman–Crippen LogP) is -0.126. The number of thioether (sulfide) groups is 1. The smallest absolute Gasteiger partial charge is 0.326 e. The van der Waals surface area contributed by atoms with E-state index in [2.05, 4.69) is 10.6 Å². The molecule has 0 aliphatic carbocycles. The molecule has 17 heavy (non-hydrogen) atoms. The van der Waals surface area contributed by atoms with Crippen LogP contribution in [-0.4, -0.2) is 52.9 Å². The molecular formula is C10H18N2O4S. The molecule has 1 rings (SSSR count). The van der Waals surface area contributed by atoms with E-state index in [4.69, 9.17) is 10.2 Å². The second-order valence-corrected chi connectivity index (χ2v) is 5.14. The summed E-state index contributed by atoms with van der Waals surface area (Å²) >= 11 is 1.86. The summed E-state index contributed by atoms with van der Waals surface area (Å²) in [6, 6.07) is -1.51. The zero-order valence-electron chi connectivity index (χ0n) is 9.52. The first kappa shape index (κ1) is 14.1. The van der Waals surface area contributed by atoms with Crippen molar-refractivity contribution in [3.63, 3.8) is 0 Å². The summed E-state index contributed by atoms with van der Waals surface area (Å²) in [7, 11) is 0. The first-order chi connectivity index (χ1) is 8.13. The van der Waals surface area contributed by atoms with Gasteiger partial charge < -0.3 is 20.8 Å². The maximum absolute atomic E-state index is 11.4. The van der Waals surface area contributed by atoms with E-state index in [1.165, 1.54) is 0 Å². The van der Waals surface area contributed by atoms with Crippen LogP contribution in [-0.2, 0) is 4.79 Å². The summed E-state index contributed by atoms with van der Waals surface area (Å²) in [5.41, 5.74) is 0. The number of amides is 2. The quantitative estimate of drug-likeness (QED) is 0.534. The standard InChI is InChI=1S/C10H18N2O4S/c13-3-1-8(9(14)15)12-10(16)11-5-7-2-4-17-6-7/h7-8,13H,1-6H2,(H,14,15)(H2,11,12,16). The highest BCUT2D eigenvalue weighted by Gasteiger charge is 2.20. The van der Waals surface area contributed by atoms with Crippen LogP contribution in [0.2, 0.25) is 0 Å². The van der Waals surface area contributed by atoms with Crippen molar-refractivity contribution in [2.75, 3.05) is 24.7 Å². The Labute approximate surface area is 104 Å². The Hall–Kier alpha value is -0.950. The lowest BCUT2D eigenvalue weighted by molar-refractivity contribution is -0.139. The van der Waals surface area contributed by atoms with Gasteiger partial charge in [0.15, 0.2) is 0 Å². The van der Waals surface area contributed by atoms with E-state index in [9.17, 15) is 9.59 Å². The maximum Gasteiger partial charge on any atom is 0.326 e. The summed E-state index contributed by atoms with van der Waals surface area (Å²) in [6.07, 6.45) is 1.10. The molecule has 2 atom stereocenters. The Balaban J connectivity index is 2.23. The van der Waals surface area contributed by atoms with Crippen molar-refractivity contribution in [1.29, 1.82) is 0 Å². The molecule has 0 aromatic rings. The van der Waals surface area contributed by atoms with Gasteiger partial charge in [-0.2, -0.15) is 11.8 Å². The van der Waals surface area contributed by atoms with Crippen molar-refractivity contribution in [1.82, 2.24) is 10.6 Å². The number of carbonyl (C=O) groups is 2. The summed E-state index contributed by atoms with van der Waals surface area (Å²) in [6.45, 7) is 0.306. The predicted molar refractivity (Wildman–Crippen MR) is 65.1 cm³/mol.